The minimum atomic E-state index is -0.0904. The normalized spacial score (nSPS) is 11.9. The molecule has 0 bridgehead atoms. The average Bonchev–Trinajstić information content (AvgIpc) is 2.14. The molecule has 14 heavy (non-hydrogen) atoms. The van der Waals surface area contributed by atoms with Crippen molar-refractivity contribution in [3.63, 3.8) is 0 Å². The van der Waals surface area contributed by atoms with E-state index in [1.54, 1.807) is 6.08 Å². The minimum Gasteiger partial charge on any atom is -0.346 e. The number of rotatable bonds is 3. The molecule has 1 rings (SSSR count). The highest BCUT2D eigenvalue weighted by Crippen LogP contribution is 2.14. The van der Waals surface area contributed by atoms with Gasteiger partial charge in [-0.15, -0.1) is 6.58 Å². The van der Waals surface area contributed by atoms with Gasteiger partial charge in [-0.05, 0) is 12.5 Å². The molecule has 74 valence electrons. The molecule has 1 aromatic rings. The molecule has 1 atom stereocenters. The fourth-order valence-electron chi connectivity index (χ4n) is 1.36. The lowest BCUT2D eigenvalue weighted by Gasteiger charge is -2.14. The van der Waals surface area contributed by atoms with E-state index in [4.69, 9.17) is 0 Å². The maximum absolute atomic E-state index is 10.9. The third kappa shape index (κ3) is 2.73. The van der Waals surface area contributed by atoms with Crippen molar-refractivity contribution in [3.8, 4) is 0 Å². The highest BCUT2D eigenvalue weighted by Gasteiger charge is 2.07. The predicted molar refractivity (Wildman–Crippen MR) is 57.9 cm³/mol. The van der Waals surface area contributed by atoms with Gasteiger partial charge in [-0.2, -0.15) is 0 Å². The quantitative estimate of drug-likeness (QED) is 0.726. The Morgan fingerprint density at radius 1 is 1.57 bits per heavy atom. The predicted octanol–water partition coefficient (Wildman–Crippen LogP) is 2.36. The molecule has 1 aromatic carbocycles. The fourth-order valence-corrected chi connectivity index (χ4v) is 1.36. The number of carbonyl (C=O) groups is 1. The van der Waals surface area contributed by atoms with Gasteiger partial charge in [0.25, 0.3) is 0 Å². The Morgan fingerprint density at radius 2 is 2.29 bits per heavy atom. The number of nitrogens with one attached hydrogen (secondary N) is 1. The molecule has 0 aliphatic heterocycles. The molecule has 0 saturated carbocycles. The number of carbonyl (C=O) groups excluding carboxylic acids is 1. The summed E-state index contributed by atoms with van der Waals surface area (Å²) in [5.41, 5.74) is 2.25. The van der Waals surface area contributed by atoms with E-state index in [-0.39, 0.29) is 11.9 Å². The van der Waals surface area contributed by atoms with Crippen LogP contribution in [0.5, 0.6) is 0 Å². The summed E-state index contributed by atoms with van der Waals surface area (Å²) >= 11 is 0. The van der Waals surface area contributed by atoms with Gasteiger partial charge in [-0.25, -0.2) is 0 Å². The summed E-state index contributed by atoms with van der Waals surface area (Å²) in [6.07, 6.45) is 1.73. The first-order chi connectivity index (χ1) is 6.63. The van der Waals surface area contributed by atoms with Gasteiger partial charge in [0, 0.05) is 6.92 Å². The first-order valence-corrected chi connectivity index (χ1v) is 4.59. The van der Waals surface area contributed by atoms with Gasteiger partial charge in [-0.3, -0.25) is 4.79 Å². The van der Waals surface area contributed by atoms with Crippen molar-refractivity contribution < 1.29 is 4.79 Å². The third-order valence-electron chi connectivity index (χ3n) is 2.00. The van der Waals surface area contributed by atoms with Gasteiger partial charge < -0.3 is 5.32 Å². The smallest absolute Gasteiger partial charge is 0.217 e. The molecule has 0 aliphatic rings. The van der Waals surface area contributed by atoms with Crippen molar-refractivity contribution in [2.24, 2.45) is 0 Å². The lowest BCUT2D eigenvalue weighted by Crippen LogP contribution is -2.24. The molecule has 1 amide bonds. The second kappa shape index (κ2) is 4.61. The van der Waals surface area contributed by atoms with E-state index in [0.717, 1.165) is 5.56 Å². The summed E-state index contributed by atoms with van der Waals surface area (Å²) in [5, 5.41) is 2.82. The zero-order chi connectivity index (χ0) is 10.6. The molecule has 0 radical (unpaired) electrons. The first-order valence-electron chi connectivity index (χ1n) is 4.59. The largest absolute Gasteiger partial charge is 0.346 e. The van der Waals surface area contributed by atoms with Crippen LogP contribution >= 0.6 is 0 Å². The topological polar surface area (TPSA) is 29.1 Å². The third-order valence-corrected chi connectivity index (χ3v) is 2.00. The van der Waals surface area contributed by atoms with Crippen molar-refractivity contribution in [2.75, 3.05) is 0 Å². The Bertz CT molecular complexity index is 344. The van der Waals surface area contributed by atoms with Gasteiger partial charge in [0.1, 0.15) is 0 Å². The molecule has 2 nitrogen and oxygen atoms in total. The fraction of sp³-hybridized carbons (Fsp3) is 0.250. The van der Waals surface area contributed by atoms with Crippen LogP contribution < -0.4 is 5.32 Å². The number of hydrogen-bond donors (Lipinski definition) is 1. The van der Waals surface area contributed by atoms with Gasteiger partial charge in [-0.1, -0.05) is 35.9 Å². The van der Waals surface area contributed by atoms with Crippen LogP contribution in [0, 0.1) is 6.92 Å². The SMILES string of the molecule is C=CC(NC(C)=O)c1cccc(C)c1. The van der Waals surface area contributed by atoms with Crippen LogP contribution in [0.2, 0.25) is 0 Å². The molecule has 0 saturated heterocycles. The Kier molecular flexibility index (Phi) is 3.46. The van der Waals surface area contributed by atoms with Crippen molar-refractivity contribution in [1.29, 1.82) is 0 Å². The summed E-state index contributed by atoms with van der Waals surface area (Å²) in [6.45, 7) is 7.24. The van der Waals surface area contributed by atoms with Crippen LogP contribution in [0.25, 0.3) is 0 Å². The van der Waals surface area contributed by atoms with Crippen molar-refractivity contribution in [1.82, 2.24) is 5.32 Å². The Labute approximate surface area is 84.6 Å². The van der Waals surface area contributed by atoms with Gasteiger partial charge >= 0.3 is 0 Å². The van der Waals surface area contributed by atoms with Crippen LogP contribution in [-0.4, -0.2) is 5.91 Å². The van der Waals surface area contributed by atoms with E-state index in [1.165, 1.54) is 12.5 Å². The molecule has 0 aromatic heterocycles. The number of amides is 1. The minimum absolute atomic E-state index is 0.0450. The summed E-state index contributed by atoms with van der Waals surface area (Å²) in [4.78, 5) is 10.9. The molecule has 1 N–H and O–H groups in total. The van der Waals surface area contributed by atoms with Gasteiger partial charge in [0.15, 0.2) is 0 Å². The Balaban J connectivity index is 2.89. The molecule has 0 spiro atoms. The average molecular weight is 189 g/mol. The van der Waals surface area contributed by atoms with Gasteiger partial charge in [0.05, 0.1) is 6.04 Å². The van der Waals surface area contributed by atoms with E-state index in [9.17, 15) is 4.79 Å². The van der Waals surface area contributed by atoms with Crippen LogP contribution in [0.1, 0.15) is 24.1 Å². The van der Waals surface area contributed by atoms with E-state index in [2.05, 4.69) is 11.9 Å². The number of benzene rings is 1. The summed E-state index contributed by atoms with van der Waals surface area (Å²) in [5.74, 6) is -0.0450. The molecule has 0 heterocycles. The zero-order valence-corrected chi connectivity index (χ0v) is 8.58. The zero-order valence-electron chi connectivity index (χ0n) is 8.58. The molecule has 0 fully saturated rings. The van der Waals surface area contributed by atoms with Crippen LogP contribution in [-0.2, 0) is 4.79 Å². The number of hydrogen-bond acceptors (Lipinski definition) is 1. The summed E-state index contributed by atoms with van der Waals surface area (Å²) < 4.78 is 0. The maximum atomic E-state index is 10.9. The maximum Gasteiger partial charge on any atom is 0.217 e. The lowest BCUT2D eigenvalue weighted by molar-refractivity contribution is -0.119. The van der Waals surface area contributed by atoms with E-state index in [1.807, 2.05) is 31.2 Å². The van der Waals surface area contributed by atoms with Crippen molar-refractivity contribution in [3.05, 3.63) is 48.0 Å². The van der Waals surface area contributed by atoms with E-state index in [0.29, 0.717) is 0 Å². The van der Waals surface area contributed by atoms with Crippen molar-refractivity contribution >= 4 is 5.91 Å². The van der Waals surface area contributed by atoms with E-state index < -0.39 is 0 Å². The highest BCUT2D eigenvalue weighted by atomic mass is 16.1. The number of aryl methyl sites for hydroxylation is 1. The van der Waals surface area contributed by atoms with Gasteiger partial charge in [0.2, 0.25) is 5.91 Å². The molecule has 0 aliphatic carbocycles. The Hall–Kier alpha value is -1.57. The summed E-state index contributed by atoms with van der Waals surface area (Å²) in [7, 11) is 0. The summed E-state index contributed by atoms with van der Waals surface area (Å²) in [6, 6.07) is 7.94. The molecule has 1 unspecified atom stereocenters. The first kappa shape index (κ1) is 10.5. The molecule has 2 heteroatoms. The second-order valence-corrected chi connectivity index (χ2v) is 3.33. The van der Waals surface area contributed by atoms with Crippen LogP contribution in [0.4, 0.5) is 0 Å². The standard InChI is InChI=1S/C12H15NO/c1-4-12(13-10(3)14)11-7-5-6-9(2)8-11/h4-8,12H,1H2,2-3H3,(H,13,14). The van der Waals surface area contributed by atoms with Crippen molar-refractivity contribution in [2.45, 2.75) is 19.9 Å². The second-order valence-electron chi connectivity index (χ2n) is 3.33. The Morgan fingerprint density at radius 3 is 2.79 bits per heavy atom. The highest BCUT2D eigenvalue weighted by molar-refractivity contribution is 5.73. The molecular weight excluding hydrogens is 174 g/mol. The van der Waals surface area contributed by atoms with E-state index >= 15 is 0 Å². The van der Waals surface area contributed by atoms with Crippen LogP contribution in [0.15, 0.2) is 36.9 Å². The monoisotopic (exact) mass is 189 g/mol. The molecular formula is C12H15NO. The lowest BCUT2D eigenvalue weighted by atomic mass is 10.0. The van der Waals surface area contributed by atoms with Crippen LogP contribution in [0.3, 0.4) is 0 Å².